The van der Waals surface area contributed by atoms with Crippen LogP contribution in [0.1, 0.15) is 18.4 Å². The van der Waals surface area contributed by atoms with Crippen LogP contribution in [0.4, 0.5) is 18.9 Å². The van der Waals surface area contributed by atoms with Gasteiger partial charge in [-0.15, -0.1) is 37.1 Å². The van der Waals surface area contributed by atoms with Crippen LogP contribution in [-0.4, -0.2) is 18.9 Å². The van der Waals surface area contributed by atoms with Crippen LogP contribution in [0.3, 0.4) is 0 Å². The molecule has 1 unspecified atom stereocenters. The molecule has 132 valence electrons. The Bertz CT molecular complexity index is 645. The molecular formula is C15H17F3IN3OS. The summed E-state index contributed by atoms with van der Waals surface area (Å²) in [6.45, 7) is 2.56. The Hall–Kier alpha value is -1.49. The summed E-state index contributed by atoms with van der Waals surface area (Å²) in [7, 11) is 0. The van der Waals surface area contributed by atoms with E-state index in [4.69, 9.17) is 5.73 Å². The summed E-state index contributed by atoms with van der Waals surface area (Å²) in [5.41, 5.74) is 7.50. The zero-order chi connectivity index (χ0) is 16.9. The number of halogens is 4. The summed E-state index contributed by atoms with van der Waals surface area (Å²) in [4.78, 5) is 4.23. The number of anilines is 1. The highest BCUT2D eigenvalue weighted by Crippen LogP contribution is 2.24. The Balaban J connectivity index is 0.00000288. The van der Waals surface area contributed by atoms with Crippen LogP contribution in [0.15, 0.2) is 46.1 Å². The molecule has 24 heavy (non-hydrogen) atoms. The SMILES string of the molecule is CC(CN=C(N)Nc1ccc(OC(F)(F)F)cc1)c1ccsc1.I. The molecule has 2 aromatic rings. The average Bonchev–Trinajstić information content (AvgIpc) is 2.99. The monoisotopic (exact) mass is 471 g/mol. The van der Waals surface area contributed by atoms with Crippen molar-refractivity contribution in [3.05, 3.63) is 46.7 Å². The van der Waals surface area contributed by atoms with Crippen LogP contribution in [0, 0.1) is 0 Å². The molecule has 1 atom stereocenters. The second kappa shape index (κ2) is 9.11. The summed E-state index contributed by atoms with van der Waals surface area (Å²) >= 11 is 1.62. The molecule has 0 spiro atoms. The largest absolute Gasteiger partial charge is 0.573 e. The van der Waals surface area contributed by atoms with Crippen molar-refractivity contribution in [3.8, 4) is 5.75 Å². The van der Waals surface area contributed by atoms with Gasteiger partial charge in [-0.2, -0.15) is 11.3 Å². The number of alkyl halides is 3. The number of ether oxygens (including phenoxy) is 1. The van der Waals surface area contributed by atoms with Gasteiger partial charge in [0.2, 0.25) is 0 Å². The van der Waals surface area contributed by atoms with Crippen molar-refractivity contribution in [1.29, 1.82) is 0 Å². The number of benzene rings is 1. The molecular weight excluding hydrogens is 454 g/mol. The number of hydrogen-bond donors (Lipinski definition) is 2. The highest BCUT2D eigenvalue weighted by atomic mass is 127. The molecule has 0 bridgehead atoms. The van der Waals surface area contributed by atoms with Crippen molar-refractivity contribution in [2.45, 2.75) is 19.2 Å². The number of rotatable bonds is 5. The van der Waals surface area contributed by atoms with E-state index in [1.54, 1.807) is 11.3 Å². The van der Waals surface area contributed by atoms with Gasteiger partial charge in [0, 0.05) is 18.2 Å². The lowest BCUT2D eigenvalue weighted by Crippen LogP contribution is -2.23. The molecule has 0 amide bonds. The van der Waals surface area contributed by atoms with Crippen molar-refractivity contribution >= 4 is 47.0 Å². The number of guanidine groups is 1. The molecule has 0 fully saturated rings. The standard InChI is InChI=1S/C15H16F3N3OS.HI/c1-10(11-6-7-23-9-11)8-20-14(19)21-12-2-4-13(5-3-12)22-15(16,17)18;/h2-7,9-10H,8H2,1H3,(H3,19,20,21);1H. The Morgan fingerprint density at radius 2 is 1.96 bits per heavy atom. The van der Waals surface area contributed by atoms with Crippen LogP contribution < -0.4 is 15.8 Å². The second-order valence-corrected chi connectivity index (χ2v) is 5.66. The van der Waals surface area contributed by atoms with Crippen molar-refractivity contribution in [1.82, 2.24) is 0 Å². The van der Waals surface area contributed by atoms with E-state index in [0.717, 1.165) is 0 Å². The summed E-state index contributed by atoms with van der Waals surface area (Å²) in [5.74, 6) is 0.158. The van der Waals surface area contributed by atoms with Crippen LogP contribution in [0.5, 0.6) is 5.75 Å². The summed E-state index contributed by atoms with van der Waals surface area (Å²) in [6.07, 6.45) is -4.70. The maximum atomic E-state index is 12.1. The first-order valence-corrected chi connectivity index (χ1v) is 7.72. The zero-order valence-electron chi connectivity index (χ0n) is 12.7. The third-order valence-corrected chi connectivity index (χ3v) is 3.71. The van der Waals surface area contributed by atoms with Gasteiger partial charge in [0.25, 0.3) is 0 Å². The molecule has 0 aliphatic rings. The Kier molecular flexibility index (Phi) is 7.80. The highest BCUT2D eigenvalue weighted by Gasteiger charge is 2.30. The smallest absolute Gasteiger partial charge is 0.406 e. The molecule has 0 radical (unpaired) electrons. The van der Waals surface area contributed by atoms with E-state index in [9.17, 15) is 13.2 Å². The zero-order valence-corrected chi connectivity index (χ0v) is 15.9. The van der Waals surface area contributed by atoms with E-state index >= 15 is 0 Å². The van der Waals surface area contributed by atoms with E-state index < -0.39 is 6.36 Å². The van der Waals surface area contributed by atoms with Gasteiger partial charge < -0.3 is 15.8 Å². The van der Waals surface area contributed by atoms with Crippen molar-refractivity contribution in [2.75, 3.05) is 11.9 Å². The van der Waals surface area contributed by atoms with Crippen LogP contribution in [0.25, 0.3) is 0 Å². The minimum Gasteiger partial charge on any atom is -0.406 e. The number of thiophene rings is 1. The first-order valence-electron chi connectivity index (χ1n) is 6.78. The lowest BCUT2D eigenvalue weighted by molar-refractivity contribution is -0.274. The predicted octanol–water partition coefficient (Wildman–Crippen LogP) is 4.80. The molecule has 0 aliphatic heterocycles. The van der Waals surface area contributed by atoms with Gasteiger partial charge in [-0.05, 0) is 46.7 Å². The van der Waals surface area contributed by atoms with Gasteiger partial charge in [0.05, 0.1) is 0 Å². The molecule has 3 N–H and O–H groups in total. The molecule has 0 aliphatic carbocycles. The molecule has 0 saturated carbocycles. The minimum atomic E-state index is -4.70. The van der Waals surface area contributed by atoms with E-state index in [2.05, 4.69) is 20.4 Å². The molecule has 9 heteroatoms. The fraction of sp³-hybridized carbons (Fsp3) is 0.267. The van der Waals surface area contributed by atoms with Gasteiger partial charge in [-0.1, -0.05) is 6.92 Å². The number of aliphatic imine (C=N–C) groups is 1. The van der Waals surface area contributed by atoms with Gasteiger partial charge in [0.1, 0.15) is 5.75 Å². The molecule has 1 heterocycles. The molecule has 2 rings (SSSR count). The second-order valence-electron chi connectivity index (χ2n) is 4.88. The Morgan fingerprint density at radius 1 is 1.29 bits per heavy atom. The Labute approximate surface area is 158 Å². The van der Waals surface area contributed by atoms with Gasteiger partial charge >= 0.3 is 6.36 Å². The lowest BCUT2D eigenvalue weighted by atomic mass is 10.1. The molecule has 1 aromatic heterocycles. The fourth-order valence-corrected chi connectivity index (χ4v) is 2.61. The first-order chi connectivity index (χ1) is 10.8. The van der Waals surface area contributed by atoms with Crippen LogP contribution in [-0.2, 0) is 0 Å². The minimum absolute atomic E-state index is 0. The van der Waals surface area contributed by atoms with Gasteiger partial charge in [-0.25, -0.2) is 0 Å². The fourth-order valence-electron chi connectivity index (χ4n) is 1.82. The topological polar surface area (TPSA) is 59.6 Å². The Morgan fingerprint density at radius 3 is 2.50 bits per heavy atom. The molecule has 0 saturated heterocycles. The number of nitrogens with one attached hydrogen (secondary N) is 1. The third-order valence-electron chi connectivity index (χ3n) is 3.01. The lowest BCUT2D eigenvalue weighted by Gasteiger charge is -2.11. The summed E-state index contributed by atoms with van der Waals surface area (Å²) in [5, 5.41) is 6.89. The summed E-state index contributed by atoms with van der Waals surface area (Å²) in [6, 6.07) is 7.32. The van der Waals surface area contributed by atoms with Crippen molar-refractivity contribution in [2.24, 2.45) is 10.7 Å². The van der Waals surface area contributed by atoms with E-state index in [1.807, 2.05) is 18.4 Å². The first kappa shape index (κ1) is 20.6. The highest BCUT2D eigenvalue weighted by molar-refractivity contribution is 14.0. The van der Waals surface area contributed by atoms with Gasteiger partial charge in [0.15, 0.2) is 5.96 Å². The summed E-state index contributed by atoms with van der Waals surface area (Å²) < 4.78 is 40.0. The number of nitrogens with two attached hydrogens (primary N) is 1. The number of hydrogen-bond acceptors (Lipinski definition) is 3. The predicted molar refractivity (Wildman–Crippen MR) is 101 cm³/mol. The van der Waals surface area contributed by atoms with Crippen LogP contribution in [0.2, 0.25) is 0 Å². The quantitative estimate of drug-likeness (QED) is 0.375. The van der Waals surface area contributed by atoms with E-state index in [1.165, 1.54) is 29.8 Å². The maximum Gasteiger partial charge on any atom is 0.573 e. The number of nitrogens with zero attached hydrogens (tertiary/aromatic N) is 1. The van der Waals surface area contributed by atoms with E-state index in [0.29, 0.717) is 12.2 Å². The average molecular weight is 471 g/mol. The molecule has 4 nitrogen and oxygen atoms in total. The van der Waals surface area contributed by atoms with Crippen LogP contribution >= 0.6 is 35.3 Å². The van der Waals surface area contributed by atoms with Crippen molar-refractivity contribution in [3.63, 3.8) is 0 Å². The van der Waals surface area contributed by atoms with E-state index in [-0.39, 0.29) is 41.6 Å². The van der Waals surface area contributed by atoms with Gasteiger partial charge in [-0.3, -0.25) is 4.99 Å². The maximum absolute atomic E-state index is 12.1. The molecule has 1 aromatic carbocycles. The van der Waals surface area contributed by atoms with Crippen molar-refractivity contribution < 1.29 is 17.9 Å². The third kappa shape index (κ3) is 6.95. The normalized spacial score (nSPS) is 13.1.